The van der Waals surface area contributed by atoms with Crippen LogP contribution in [-0.2, 0) is 0 Å². The van der Waals surface area contributed by atoms with E-state index in [0.717, 1.165) is 0 Å². The number of halogens is 1. The molecule has 0 radical (unpaired) electrons. The molecule has 1 amide bonds. The van der Waals surface area contributed by atoms with Crippen LogP contribution in [-0.4, -0.2) is 15.9 Å². The van der Waals surface area contributed by atoms with E-state index in [1.807, 2.05) is 0 Å². The van der Waals surface area contributed by atoms with Crippen molar-refractivity contribution in [3.05, 3.63) is 53.7 Å². The maximum Gasteiger partial charge on any atom is 0.259 e. The van der Waals surface area contributed by atoms with Gasteiger partial charge in [-0.25, -0.2) is 9.37 Å². The van der Waals surface area contributed by atoms with E-state index in [4.69, 9.17) is 0 Å². The summed E-state index contributed by atoms with van der Waals surface area (Å²) in [5.74, 6) is -0.765. The van der Waals surface area contributed by atoms with Gasteiger partial charge < -0.3 is 5.32 Å². The van der Waals surface area contributed by atoms with Gasteiger partial charge in [0.25, 0.3) is 5.91 Å². The van der Waals surface area contributed by atoms with Crippen LogP contribution >= 0.6 is 0 Å². The Morgan fingerprint density at radius 2 is 2.18 bits per heavy atom. The lowest BCUT2D eigenvalue weighted by molar-refractivity contribution is 0.102. The molecule has 5 heteroatoms. The van der Waals surface area contributed by atoms with Crippen LogP contribution in [0.4, 0.5) is 10.2 Å². The first-order chi connectivity index (χ1) is 8.18. The number of hydrogen-bond acceptors (Lipinski definition) is 3. The van der Waals surface area contributed by atoms with E-state index in [9.17, 15) is 9.18 Å². The largest absolute Gasteiger partial charge is 0.305 e. The SMILES string of the molecule is Cc1cccc(C(=O)Nc2cnccn2)c1F. The molecule has 4 nitrogen and oxygen atoms in total. The molecule has 0 aliphatic carbocycles. The standard InChI is InChI=1S/C12H10FN3O/c1-8-3-2-4-9(11(8)13)12(17)16-10-7-14-5-6-15-10/h2-7H,1H3,(H,15,16,17). The van der Waals surface area contributed by atoms with Gasteiger partial charge in [0, 0.05) is 12.4 Å². The van der Waals surface area contributed by atoms with Crippen LogP contribution in [0, 0.1) is 12.7 Å². The molecule has 2 rings (SSSR count). The number of benzene rings is 1. The van der Waals surface area contributed by atoms with Crippen LogP contribution in [0.3, 0.4) is 0 Å². The maximum absolute atomic E-state index is 13.7. The van der Waals surface area contributed by atoms with Crippen molar-refractivity contribution < 1.29 is 9.18 Å². The molecule has 0 atom stereocenters. The molecular formula is C12H10FN3O. The molecule has 17 heavy (non-hydrogen) atoms. The molecule has 0 unspecified atom stereocenters. The number of aryl methyl sites for hydroxylation is 1. The average Bonchev–Trinajstić information content (AvgIpc) is 2.34. The van der Waals surface area contributed by atoms with Gasteiger partial charge in [-0.05, 0) is 18.6 Å². The number of aromatic nitrogens is 2. The molecule has 2 aromatic rings. The summed E-state index contributed by atoms with van der Waals surface area (Å²) in [4.78, 5) is 19.4. The summed E-state index contributed by atoms with van der Waals surface area (Å²) in [7, 11) is 0. The van der Waals surface area contributed by atoms with Crippen molar-refractivity contribution in [2.24, 2.45) is 0 Å². The molecule has 1 aromatic carbocycles. The number of nitrogens with zero attached hydrogens (tertiary/aromatic N) is 2. The number of nitrogens with one attached hydrogen (secondary N) is 1. The summed E-state index contributed by atoms with van der Waals surface area (Å²) in [5.41, 5.74) is 0.424. The zero-order chi connectivity index (χ0) is 12.3. The van der Waals surface area contributed by atoms with Gasteiger partial charge in [0.1, 0.15) is 5.82 Å². The summed E-state index contributed by atoms with van der Waals surface area (Å²) in [6.07, 6.45) is 4.33. The summed E-state index contributed by atoms with van der Waals surface area (Å²) in [5, 5.41) is 2.47. The van der Waals surface area contributed by atoms with Gasteiger partial charge in [0.2, 0.25) is 0 Å². The van der Waals surface area contributed by atoms with E-state index in [0.29, 0.717) is 11.4 Å². The topological polar surface area (TPSA) is 54.9 Å². The Morgan fingerprint density at radius 1 is 1.35 bits per heavy atom. The van der Waals surface area contributed by atoms with Crippen LogP contribution in [0.2, 0.25) is 0 Å². The average molecular weight is 231 g/mol. The van der Waals surface area contributed by atoms with Crippen LogP contribution in [0.5, 0.6) is 0 Å². The Bertz CT molecular complexity index is 543. The van der Waals surface area contributed by atoms with Crippen molar-refractivity contribution >= 4 is 11.7 Å². The number of rotatable bonds is 2. The monoisotopic (exact) mass is 231 g/mol. The van der Waals surface area contributed by atoms with E-state index in [2.05, 4.69) is 15.3 Å². The minimum absolute atomic E-state index is 0.00402. The first kappa shape index (κ1) is 11.2. The summed E-state index contributed by atoms with van der Waals surface area (Å²) < 4.78 is 13.7. The van der Waals surface area contributed by atoms with Gasteiger partial charge in [-0.3, -0.25) is 9.78 Å². The molecule has 1 heterocycles. The van der Waals surface area contributed by atoms with Crippen molar-refractivity contribution in [1.29, 1.82) is 0 Å². The van der Waals surface area contributed by atoms with Gasteiger partial charge in [-0.2, -0.15) is 0 Å². The van der Waals surface area contributed by atoms with E-state index in [1.165, 1.54) is 24.7 Å². The smallest absolute Gasteiger partial charge is 0.259 e. The molecule has 0 aliphatic rings. The first-order valence-electron chi connectivity index (χ1n) is 5.01. The van der Waals surface area contributed by atoms with E-state index in [1.54, 1.807) is 19.1 Å². The second-order valence-corrected chi connectivity index (χ2v) is 3.48. The van der Waals surface area contributed by atoms with Gasteiger partial charge in [0.05, 0.1) is 11.8 Å². The number of hydrogen-bond donors (Lipinski definition) is 1. The third-order valence-corrected chi connectivity index (χ3v) is 2.24. The van der Waals surface area contributed by atoms with Crippen molar-refractivity contribution in [3.8, 4) is 0 Å². The quantitative estimate of drug-likeness (QED) is 0.861. The number of carbonyl (C=O) groups is 1. The number of anilines is 1. The lowest BCUT2D eigenvalue weighted by Gasteiger charge is -2.05. The molecule has 0 aliphatic heterocycles. The fourth-order valence-corrected chi connectivity index (χ4v) is 1.37. The summed E-state index contributed by atoms with van der Waals surface area (Å²) in [6.45, 7) is 1.61. The lowest BCUT2D eigenvalue weighted by Crippen LogP contribution is -2.15. The predicted octanol–water partition coefficient (Wildman–Crippen LogP) is 2.18. The van der Waals surface area contributed by atoms with Gasteiger partial charge in [-0.15, -0.1) is 0 Å². The third kappa shape index (κ3) is 2.44. The molecule has 1 aromatic heterocycles. The molecule has 1 N–H and O–H groups in total. The van der Waals surface area contributed by atoms with Crippen LogP contribution in [0.1, 0.15) is 15.9 Å². The van der Waals surface area contributed by atoms with Crippen molar-refractivity contribution in [3.63, 3.8) is 0 Å². The summed E-state index contributed by atoms with van der Waals surface area (Å²) >= 11 is 0. The van der Waals surface area contributed by atoms with Gasteiger partial charge in [0.15, 0.2) is 5.82 Å². The van der Waals surface area contributed by atoms with Crippen molar-refractivity contribution in [2.45, 2.75) is 6.92 Å². The zero-order valence-corrected chi connectivity index (χ0v) is 9.14. The highest BCUT2D eigenvalue weighted by molar-refractivity contribution is 6.03. The van der Waals surface area contributed by atoms with E-state index >= 15 is 0 Å². The second kappa shape index (κ2) is 4.69. The Morgan fingerprint density at radius 3 is 2.88 bits per heavy atom. The van der Waals surface area contributed by atoms with Gasteiger partial charge in [-0.1, -0.05) is 12.1 Å². The Hall–Kier alpha value is -2.30. The number of amides is 1. The molecule has 86 valence electrons. The Kier molecular flexibility index (Phi) is 3.09. The molecule has 0 saturated heterocycles. The molecule has 0 fully saturated rings. The van der Waals surface area contributed by atoms with Crippen LogP contribution < -0.4 is 5.32 Å². The van der Waals surface area contributed by atoms with Gasteiger partial charge >= 0.3 is 0 Å². The fraction of sp³-hybridized carbons (Fsp3) is 0.0833. The van der Waals surface area contributed by atoms with E-state index < -0.39 is 11.7 Å². The Labute approximate surface area is 97.5 Å². The highest BCUT2D eigenvalue weighted by Crippen LogP contribution is 2.13. The van der Waals surface area contributed by atoms with E-state index in [-0.39, 0.29) is 5.56 Å². The normalized spacial score (nSPS) is 10.0. The lowest BCUT2D eigenvalue weighted by atomic mass is 10.1. The van der Waals surface area contributed by atoms with Crippen LogP contribution in [0.15, 0.2) is 36.8 Å². The molecular weight excluding hydrogens is 221 g/mol. The Balaban J connectivity index is 2.24. The highest BCUT2D eigenvalue weighted by Gasteiger charge is 2.13. The molecule has 0 saturated carbocycles. The minimum Gasteiger partial charge on any atom is -0.305 e. The zero-order valence-electron chi connectivity index (χ0n) is 9.14. The predicted molar refractivity (Wildman–Crippen MR) is 61.1 cm³/mol. The fourth-order valence-electron chi connectivity index (χ4n) is 1.37. The highest BCUT2D eigenvalue weighted by atomic mass is 19.1. The van der Waals surface area contributed by atoms with Crippen molar-refractivity contribution in [2.75, 3.05) is 5.32 Å². The minimum atomic E-state index is -0.535. The molecule has 0 spiro atoms. The molecule has 0 bridgehead atoms. The maximum atomic E-state index is 13.7. The third-order valence-electron chi connectivity index (χ3n) is 2.24. The van der Waals surface area contributed by atoms with Crippen molar-refractivity contribution in [1.82, 2.24) is 9.97 Å². The first-order valence-corrected chi connectivity index (χ1v) is 5.01. The van der Waals surface area contributed by atoms with Crippen LogP contribution in [0.25, 0.3) is 0 Å². The second-order valence-electron chi connectivity index (χ2n) is 3.48. The summed E-state index contributed by atoms with van der Waals surface area (Å²) in [6, 6.07) is 4.66. The number of carbonyl (C=O) groups excluding carboxylic acids is 1.